The van der Waals surface area contributed by atoms with Gasteiger partial charge in [0, 0.05) is 43.2 Å². The monoisotopic (exact) mass is 337 g/mol. The molecule has 3 nitrogen and oxygen atoms in total. The smallest absolute Gasteiger partial charge is 0.0511 e. The van der Waals surface area contributed by atoms with E-state index in [9.17, 15) is 0 Å². The Balaban J connectivity index is 1.62. The highest BCUT2D eigenvalue weighted by atomic mass is 79.9. The number of nitrogens with zero attached hydrogens (tertiary/aromatic N) is 2. The Morgan fingerprint density at radius 2 is 1.95 bits per heavy atom. The largest absolute Gasteiger partial charge is 0.368 e. The van der Waals surface area contributed by atoms with E-state index in [1.54, 1.807) is 0 Å². The molecule has 1 aromatic carbocycles. The zero-order valence-electron chi connectivity index (χ0n) is 12.2. The van der Waals surface area contributed by atoms with Crippen molar-refractivity contribution < 1.29 is 0 Å². The van der Waals surface area contributed by atoms with Gasteiger partial charge in [-0.15, -0.1) is 0 Å². The zero-order valence-corrected chi connectivity index (χ0v) is 13.8. The Morgan fingerprint density at radius 1 is 1.25 bits per heavy atom. The summed E-state index contributed by atoms with van der Waals surface area (Å²) in [6.07, 6.45) is 2.90. The van der Waals surface area contributed by atoms with Crippen LogP contribution in [0.3, 0.4) is 0 Å². The van der Waals surface area contributed by atoms with Crippen LogP contribution in [0, 0.1) is 5.92 Å². The minimum absolute atomic E-state index is 0.0933. The quantitative estimate of drug-likeness (QED) is 0.916. The second kappa shape index (κ2) is 6.04. The molecule has 1 heterocycles. The number of anilines is 1. The molecule has 1 aromatic rings. The second-order valence-corrected chi connectivity index (χ2v) is 7.08. The summed E-state index contributed by atoms with van der Waals surface area (Å²) in [6.45, 7) is 7.98. The van der Waals surface area contributed by atoms with Crippen LogP contribution >= 0.6 is 15.9 Å². The molecule has 0 aromatic heterocycles. The molecule has 20 heavy (non-hydrogen) atoms. The zero-order chi connectivity index (χ0) is 14.1. The first-order valence-corrected chi connectivity index (χ1v) is 8.45. The van der Waals surface area contributed by atoms with Crippen LogP contribution in [-0.2, 0) is 0 Å². The maximum atomic E-state index is 5.94. The van der Waals surface area contributed by atoms with Gasteiger partial charge in [0.25, 0.3) is 0 Å². The molecule has 1 atom stereocenters. The number of hydrogen-bond donors (Lipinski definition) is 1. The predicted octanol–water partition coefficient (Wildman–Crippen LogP) is 3.00. The number of benzene rings is 1. The molecule has 0 spiro atoms. The van der Waals surface area contributed by atoms with E-state index in [1.165, 1.54) is 48.2 Å². The average molecular weight is 338 g/mol. The molecule has 2 aliphatic rings. The van der Waals surface area contributed by atoms with Crippen molar-refractivity contribution in [2.24, 2.45) is 11.7 Å². The Hall–Kier alpha value is -0.580. The molecule has 2 N–H and O–H groups in total. The Labute approximate surface area is 130 Å². The van der Waals surface area contributed by atoms with Gasteiger partial charge >= 0.3 is 0 Å². The number of nitrogens with two attached hydrogens (primary N) is 1. The van der Waals surface area contributed by atoms with Crippen molar-refractivity contribution in [2.75, 3.05) is 37.6 Å². The van der Waals surface area contributed by atoms with E-state index in [-0.39, 0.29) is 6.04 Å². The van der Waals surface area contributed by atoms with Crippen LogP contribution in [0.2, 0.25) is 0 Å². The lowest BCUT2D eigenvalue weighted by atomic mass is 10.1. The summed E-state index contributed by atoms with van der Waals surface area (Å²) >= 11 is 3.71. The maximum absolute atomic E-state index is 5.94. The molecule has 1 aliphatic carbocycles. The first kappa shape index (κ1) is 14.4. The number of halogens is 1. The van der Waals surface area contributed by atoms with Crippen molar-refractivity contribution in [1.29, 1.82) is 0 Å². The summed E-state index contributed by atoms with van der Waals surface area (Å²) in [5, 5.41) is 0. The van der Waals surface area contributed by atoms with E-state index in [0.29, 0.717) is 0 Å². The molecule has 110 valence electrons. The minimum atomic E-state index is 0.0933. The summed E-state index contributed by atoms with van der Waals surface area (Å²) in [5.74, 6) is 0.999. The maximum Gasteiger partial charge on any atom is 0.0511 e. The highest BCUT2D eigenvalue weighted by molar-refractivity contribution is 9.10. The molecule has 0 amide bonds. The van der Waals surface area contributed by atoms with E-state index in [2.05, 4.69) is 43.9 Å². The van der Waals surface area contributed by atoms with E-state index in [4.69, 9.17) is 5.73 Å². The van der Waals surface area contributed by atoms with Crippen molar-refractivity contribution >= 4 is 21.6 Å². The van der Waals surface area contributed by atoms with Crippen LogP contribution in [0.25, 0.3) is 0 Å². The van der Waals surface area contributed by atoms with E-state index in [1.807, 2.05) is 6.92 Å². The summed E-state index contributed by atoms with van der Waals surface area (Å²) in [5.41, 5.74) is 8.43. The lowest BCUT2D eigenvalue weighted by Crippen LogP contribution is -2.47. The molecule has 2 fully saturated rings. The molecule has 1 saturated heterocycles. The highest BCUT2D eigenvalue weighted by Gasteiger charge is 2.26. The van der Waals surface area contributed by atoms with Crippen molar-refractivity contribution in [2.45, 2.75) is 25.8 Å². The first-order chi connectivity index (χ1) is 9.63. The van der Waals surface area contributed by atoms with Gasteiger partial charge in [0.05, 0.1) is 5.69 Å². The second-order valence-electron chi connectivity index (χ2n) is 6.23. The van der Waals surface area contributed by atoms with Gasteiger partial charge in [-0.3, -0.25) is 4.90 Å². The summed E-state index contributed by atoms with van der Waals surface area (Å²) in [6, 6.07) is 6.62. The van der Waals surface area contributed by atoms with Gasteiger partial charge in [0.2, 0.25) is 0 Å². The SMILES string of the molecule is C[C@@H](N)c1ccc(N2CCN(CC3CC3)CC2)c(Br)c1. The van der Waals surface area contributed by atoms with Crippen LogP contribution in [-0.4, -0.2) is 37.6 Å². The molecule has 0 unspecified atom stereocenters. The van der Waals surface area contributed by atoms with Crippen LogP contribution in [0.5, 0.6) is 0 Å². The van der Waals surface area contributed by atoms with Crippen LogP contribution in [0.4, 0.5) is 5.69 Å². The third-order valence-electron chi connectivity index (χ3n) is 4.42. The summed E-state index contributed by atoms with van der Waals surface area (Å²) in [7, 11) is 0. The molecule has 4 heteroatoms. The molecule has 0 radical (unpaired) electrons. The predicted molar refractivity (Wildman–Crippen MR) is 88.1 cm³/mol. The Kier molecular flexibility index (Phi) is 4.34. The number of hydrogen-bond acceptors (Lipinski definition) is 3. The fourth-order valence-electron chi connectivity index (χ4n) is 2.90. The standard InChI is InChI=1S/C16H24BrN3/c1-12(18)14-4-5-16(15(17)10-14)20-8-6-19(7-9-20)11-13-2-3-13/h4-5,10,12-13H,2-3,6-9,11,18H2,1H3/t12-/m1/s1. The van der Waals surface area contributed by atoms with Crippen molar-refractivity contribution in [3.8, 4) is 0 Å². The van der Waals surface area contributed by atoms with Gasteiger partial charge in [-0.1, -0.05) is 6.07 Å². The molecule has 1 aliphatic heterocycles. The van der Waals surface area contributed by atoms with Crippen molar-refractivity contribution in [1.82, 2.24) is 4.90 Å². The van der Waals surface area contributed by atoms with Crippen LogP contribution < -0.4 is 10.6 Å². The van der Waals surface area contributed by atoms with Gasteiger partial charge in [-0.05, 0) is 59.3 Å². The van der Waals surface area contributed by atoms with Crippen molar-refractivity contribution in [3.63, 3.8) is 0 Å². The molecular formula is C16H24BrN3. The topological polar surface area (TPSA) is 32.5 Å². The van der Waals surface area contributed by atoms with Gasteiger partial charge in [0.15, 0.2) is 0 Å². The molecule has 1 saturated carbocycles. The van der Waals surface area contributed by atoms with Gasteiger partial charge in [0.1, 0.15) is 0 Å². The minimum Gasteiger partial charge on any atom is -0.368 e. The molecule has 0 bridgehead atoms. The number of piperazine rings is 1. The summed E-state index contributed by atoms with van der Waals surface area (Å²) in [4.78, 5) is 5.11. The van der Waals surface area contributed by atoms with Gasteiger partial charge in [-0.2, -0.15) is 0 Å². The fraction of sp³-hybridized carbons (Fsp3) is 0.625. The Morgan fingerprint density at radius 3 is 2.50 bits per heavy atom. The molecular weight excluding hydrogens is 314 g/mol. The molecule has 3 rings (SSSR count). The van der Waals surface area contributed by atoms with Gasteiger partial charge in [-0.25, -0.2) is 0 Å². The lowest BCUT2D eigenvalue weighted by molar-refractivity contribution is 0.248. The normalized spacial score (nSPS) is 22.1. The van der Waals surface area contributed by atoms with Crippen LogP contribution in [0.1, 0.15) is 31.4 Å². The Bertz CT molecular complexity index is 463. The fourth-order valence-corrected chi connectivity index (χ4v) is 3.55. The highest BCUT2D eigenvalue weighted by Crippen LogP contribution is 2.32. The lowest BCUT2D eigenvalue weighted by Gasteiger charge is -2.36. The third kappa shape index (κ3) is 3.35. The number of rotatable bonds is 4. The van der Waals surface area contributed by atoms with Crippen LogP contribution in [0.15, 0.2) is 22.7 Å². The van der Waals surface area contributed by atoms with E-state index >= 15 is 0 Å². The van der Waals surface area contributed by atoms with Crippen molar-refractivity contribution in [3.05, 3.63) is 28.2 Å². The first-order valence-electron chi connectivity index (χ1n) is 7.66. The third-order valence-corrected chi connectivity index (χ3v) is 5.06. The van der Waals surface area contributed by atoms with E-state index in [0.717, 1.165) is 19.0 Å². The summed E-state index contributed by atoms with van der Waals surface area (Å²) < 4.78 is 1.17. The van der Waals surface area contributed by atoms with Gasteiger partial charge < -0.3 is 10.6 Å². The average Bonchev–Trinajstić information content (AvgIpc) is 3.24. The van der Waals surface area contributed by atoms with E-state index < -0.39 is 0 Å².